The second-order valence-corrected chi connectivity index (χ2v) is 4.34. The monoisotopic (exact) mass is 257 g/mol. The van der Waals surface area contributed by atoms with Crippen LogP contribution in [0.4, 0.5) is 5.82 Å². The lowest BCUT2D eigenvalue weighted by Crippen LogP contribution is -2.01. The number of benzene rings is 1. The van der Waals surface area contributed by atoms with E-state index in [0.717, 1.165) is 29.2 Å². The van der Waals surface area contributed by atoms with Crippen LogP contribution < -0.4 is 5.32 Å². The van der Waals surface area contributed by atoms with Gasteiger partial charge < -0.3 is 10.1 Å². The molecule has 0 aliphatic carbocycles. The molecule has 0 saturated carbocycles. The first-order valence-electron chi connectivity index (χ1n) is 6.45. The zero-order valence-electron chi connectivity index (χ0n) is 11.6. The molecule has 1 aromatic heterocycles. The third-order valence-corrected chi connectivity index (χ3v) is 3.03. The second-order valence-electron chi connectivity index (χ2n) is 4.34. The fourth-order valence-electron chi connectivity index (χ4n) is 1.85. The lowest BCUT2D eigenvalue weighted by atomic mass is 10.0. The highest BCUT2D eigenvalue weighted by atomic mass is 16.5. The van der Waals surface area contributed by atoms with Crippen LogP contribution in [-0.4, -0.2) is 23.9 Å². The van der Waals surface area contributed by atoms with Gasteiger partial charge in [-0.15, -0.1) is 10.2 Å². The molecule has 1 heterocycles. The molecule has 0 bridgehead atoms. The molecule has 2 rings (SSSR count). The minimum atomic E-state index is 0.0777. The van der Waals surface area contributed by atoms with E-state index in [0.29, 0.717) is 0 Å². The van der Waals surface area contributed by atoms with Crippen LogP contribution in [-0.2, 0) is 4.74 Å². The average Bonchev–Trinajstić information content (AvgIpc) is 2.48. The number of ether oxygens (including phenoxy) is 1. The summed E-state index contributed by atoms with van der Waals surface area (Å²) in [7, 11) is 1.71. The third kappa shape index (κ3) is 3.29. The molecule has 1 atom stereocenters. The van der Waals surface area contributed by atoms with Crippen molar-refractivity contribution in [1.29, 1.82) is 0 Å². The second kappa shape index (κ2) is 6.29. The van der Waals surface area contributed by atoms with Gasteiger partial charge in [-0.25, -0.2) is 0 Å². The Hall–Kier alpha value is -1.94. The lowest BCUT2D eigenvalue weighted by molar-refractivity contribution is 0.119. The highest BCUT2D eigenvalue weighted by molar-refractivity contribution is 5.60. The van der Waals surface area contributed by atoms with Crippen molar-refractivity contribution in [3.8, 4) is 11.3 Å². The summed E-state index contributed by atoms with van der Waals surface area (Å²) in [5, 5.41) is 11.5. The highest BCUT2D eigenvalue weighted by Gasteiger charge is 2.06. The van der Waals surface area contributed by atoms with Gasteiger partial charge in [0.25, 0.3) is 0 Å². The van der Waals surface area contributed by atoms with E-state index in [1.807, 2.05) is 38.1 Å². The Bertz CT molecular complexity index is 525. The number of methoxy groups -OCH3 is 1. The van der Waals surface area contributed by atoms with Crippen molar-refractivity contribution >= 4 is 5.82 Å². The lowest BCUT2D eigenvalue weighted by Gasteiger charge is -2.11. The first-order chi connectivity index (χ1) is 9.24. The maximum atomic E-state index is 5.33. The summed E-state index contributed by atoms with van der Waals surface area (Å²) in [5.74, 6) is 0.799. The summed E-state index contributed by atoms with van der Waals surface area (Å²) in [6.45, 7) is 4.90. The van der Waals surface area contributed by atoms with E-state index in [1.54, 1.807) is 7.11 Å². The largest absolute Gasteiger partial charge is 0.377 e. The van der Waals surface area contributed by atoms with Gasteiger partial charge in [0, 0.05) is 19.2 Å². The molecular weight excluding hydrogens is 238 g/mol. The molecule has 0 amide bonds. The van der Waals surface area contributed by atoms with Crippen LogP contribution in [0.5, 0.6) is 0 Å². The Morgan fingerprint density at radius 1 is 1.21 bits per heavy atom. The summed E-state index contributed by atoms with van der Waals surface area (Å²) in [6.07, 6.45) is 0.0777. The summed E-state index contributed by atoms with van der Waals surface area (Å²) in [4.78, 5) is 0. The fourth-order valence-corrected chi connectivity index (χ4v) is 1.85. The summed E-state index contributed by atoms with van der Waals surface area (Å²) < 4.78 is 5.33. The summed E-state index contributed by atoms with van der Waals surface area (Å²) in [5.41, 5.74) is 3.06. The van der Waals surface area contributed by atoms with Crippen LogP contribution >= 0.6 is 0 Å². The number of aromatic nitrogens is 2. The van der Waals surface area contributed by atoms with Gasteiger partial charge in [0.15, 0.2) is 0 Å². The maximum absolute atomic E-state index is 5.33. The molecule has 19 heavy (non-hydrogen) atoms. The normalized spacial score (nSPS) is 12.2. The predicted octanol–water partition coefficient (Wildman–Crippen LogP) is 3.28. The molecule has 0 unspecified atom stereocenters. The summed E-state index contributed by atoms with van der Waals surface area (Å²) in [6, 6.07) is 12.1. The van der Waals surface area contributed by atoms with Gasteiger partial charge in [-0.05, 0) is 37.6 Å². The quantitative estimate of drug-likeness (QED) is 0.893. The van der Waals surface area contributed by atoms with Crippen LogP contribution in [0, 0.1) is 0 Å². The van der Waals surface area contributed by atoms with Gasteiger partial charge in [-0.3, -0.25) is 0 Å². The van der Waals surface area contributed by atoms with Crippen molar-refractivity contribution in [3.05, 3.63) is 42.0 Å². The first kappa shape index (κ1) is 13.5. The number of hydrogen-bond donors (Lipinski definition) is 1. The van der Waals surface area contributed by atoms with Crippen molar-refractivity contribution in [2.24, 2.45) is 0 Å². The highest BCUT2D eigenvalue weighted by Crippen LogP contribution is 2.23. The molecule has 100 valence electrons. The SMILES string of the molecule is CCNc1ccc(-c2cccc([C@@H](C)OC)c2)nn1. The minimum Gasteiger partial charge on any atom is -0.377 e. The number of nitrogens with one attached hydrogen (secondary N) is 1. The van der Waals surface area contributed by atoms with Crippen molar-refractivity contribution in [3.63, 3.8) is 0 Å². The van der Waals surface area contributed by atoms with Gasteiger partial charge in [-0.1, -0.05) is 18.2 Å². The van der Waals surface area contributed by atoms with Crippen molar-refractivity contribution in [1.82, 2.24) is 10.2 Å². The smallest absolute Gasteiger partial charge is 0.148 e. The van der Waals surface area contributed by atoms with Crippen molar-refractivity contribution in [2.45, 2.75) is 20.0 Å². The number of anilines is 1. The molecule has 1 aromatic carbocycles. The van der Waals surface area contributed by atoms with Gasteiger partial charge in [0.2, 0.25) is 0 Å². The van der Waals surface area contributed by atoms with Crippen LogP contribution in [0.1, 0.15) is 25.5 Å². The van der Waals surface area contributed by atoms with E-state index < -0.39 is 0 Å². The molecule has 2 aromatic rings. The molecule has 0 aliphatic rings. The van der Waals surface area contributed by atoms with E-state index in [-0.39, 0.29) is 6.10 Å². The van der Waals surface area contributed by atoms with Crippen molar-refractivity contribution in [2.75, 3.05) is 19.0 Å². The topological polar surface area (TPSA) is 47.0 Å². The molecule has 0 aliphatic heterocycles. The molecule has 0 radical (unpaired) electrons. The molecule has 0 spiro atoms. The summed E-state index contributed by atoms with van der Waals surface area (Å²) >= 11 is 0. The Balaban J connectivity index is 2.26. The third-order valence-electron chi connectivity index (χ3n) is 3.03. The standard InChI is InChI=1S/C15H19N3O/c1-4-16-15-9-8-14(17-18-15)13-7-5-6-12(10-13)11(2)19-3/h5-11H,4H2,1-3H3,(H,16,18)/t11-/m1/s1. The van der Waals surface area contributed by atoms with E-state index >= 15 is 0 Å². The van der Waals surface area contributed by atoms with Gasteiger partial charge >= 0.3 is 0 Å². The van der Waals surface area contributed by atoms with Gasteiger partial charge in [0.1, 0.15) is 5.82 Å². The van der Waals surface area contributed by atoms with E-state index in [9.17, 15) is 0 Å². The molecular formula is C15H19N3O. The Morgan fingerprint density at radius 2 is 2.05 bits per heavy atom. The Labute approximate surface area is 113 Å². The fraction of sp³-hybridized carbons (Fsp3) is 0.333. The Kier molecular flexibility index (Phi) is 4.47. The molecule has 0 fully saturated rings. The van der Waals surface area contributed by atoms with Crippen LogP contribution in [0.3, 0.4) is 0 Å². The van der Waals surface area contributed by atoms with E-state index in [2.05, 4.69) is 27.6 Å². The molecule has 0 saturated heterocycles. The zero-order valence-corrected chi connectivity index (χ0v) is 11.6. The van der Waals surface area contributed by atoms with Gasteiger partial charge in [0.05, 0.1) is 11.8 Å². The average molecular weight is 257 g/mol. The van der Waals surface area contributed by atoms with Gasteiger partial charge in [-0.2, -0.15) is 0 Å². The van der Waals surface area contributed by atoms with Crippen molar-refractivity contribution < 1.29 is 4.74 Å². The van der Waals surface area contributed by atoms with Crippen LogP contribution in [0.25, 0.3) is 11.3 Å². The van der Waals surface area contributed by atoms with E-state index in [1.165, 1.54) is 0 Å². The number of rotatable bonds is 5. The molecule has 4 nitrogen and oxygen atoms in total. The van der Waals surface area contributed by atoms with Crippen LogP contribution in [0.2, 0.25) is 0 Å². The number of hydrogen-bond acceptors (Lipinski definition) is 4. The zero-order chi connectivity index (χ0) is 13.7. The van der Waals surface area contributed by atoms with E-state index in [4.69, 9.17) is 4.74 Å². The molecule has 4 heteroatoms. The van der Waals surface area contributed by atoms with Crippen LogP contribution in [0.15, 0.2) is 36.4 Å². The number of nitrogens with zero attached hydrogens (tertiary/aromatic N) is 2. The first-order valence-corrected chi connectivity index (χ1v) is 6.45. The molecule has 1 N–H and O–H groups in total. The predicted molar refractivity (Wildman–Crippen MR) is 77.1 cm³/mol. The minimum absolute atomic E-state index is 0.0777. The maximum Gasteiger partial charge on any atom is 0.148 e. The Morgan fingerprint density at radius 3 is 2.68 bits per heavy atom.